The summed E-state index contributed by atoms with van der Waals surface area (Å²) in [7, 11) is 0. The summed E-state index contributed by atoms with van der Waals surface area (Å²) >= 11 is 0. The standard InChI is InChI=1S/C11H11F2N/c12-8-1-6(2-9(13)5-8)10-3-7-4-11(7)14-10/h1-2,5,7,10-11,14H,3-4H2/t7-,10+,11+/m1/s1. The van der Waals surface area contributed by atoms with Crippen molar-refractivity contribution in [1.29, 1.82) is 0 Å². The summed E-state index contributed by atoms with van der Waals surface area (Å²) in [6.45, 7) is 0. The average molecular weight is 195 g/mol. The van der Waals surface area contributed by atoms with E-state index in [1.807, 2.05) is 0 Å². The lowest BCUT2D eigenvalue weighted by Crippen LogP contribution is -2.17. The van der Waals surface area contributed by atoms with Gasteiger partial charge < -0.3 is 5.32 Å². The first-order valence-corrected chi connectivity index (χ1v) is 4.94. The minimum atomic E-state index is -0.484. The summed E-state index contributed by atoms with van der Waals surface area (Å²) in [5.74, 6) is -0.226. The molecule has 0 aromatic heterocycles. The van der Waals surface area contributed by atoms with E-state index in [-0.39, 0.29) is 6.04 Å². The van der Waals surface area contributed by atoms with Crippen LogP contribution < -0.4 is 5.32 Å². The molecule has 0 amide bonds. The van der Waals surface area contributed by atoms with E-state index in [2.05, 4.69) is 5.32 Å². The molecule has 2 fully saturated rings. The number of hydrogen-bond acceptors (Lipinski definition) is 1. The van der Waals surface area contributed by atoms with Gasteiger partial charge >= 0.3 is 0 Å². The van der Waals surface area contributed by atoms with Gasteiger partial charge in [-0.25, -0.2) is 8.78 Å². The number of nitrogens with one attached hydrogen (secondary N) is 1. The van der Waals surface area contributed by atoms with Crippen molar-refractivity contribution in [1.82, 2.24) is 5.32 Å². The number of halogens is 2. The molecule has 0 unspecified atom stereocenters. The van der Waals surface area contributed by atoms with Gasteiger partial charge in [-0.1, -0.05) is 0 Å². The van der Waals surface area contributed by atoms with Gasteiger partial charge in [-0.15, -0.1) is 0 Å². The van der Waals surface area contributed by atoms with Gasteiger partial charge in [0.25, 0.3) is 0 Å². The van der Waals surface area contributed by atoms with Crippen molar-refractivity contribution in [2.75, 3.05) is 0 Å². The number of benzene rings is 1. The van der Waals surface area contributed by atoms with Crippen molar-refractivity contribution < 1.29 is 8.78 Å². The van der Waals surface area contributed by atoms with Crippen LogP contribution in [0.25, 0.3) is 0 Å². The Balaban J connectivity index is 1.88. The minimum absolute atomic E-state index is 0.156. The van der Waals surface area contributed by atoms with Gasteiger partial charge in [-0.05, 0) is 36.5 Å². The monoisotopic (exact) mass is 195 g/mol. The molecule has 3 heteroatoms. The van der Waals surface area contributed by atoms with Gasteiger partial charge in [0.1, 0.15) is 11.6 Å². The maximum atomic E-state index is 12.9. The van der Waals surface area contributed by atoms with Crippen LogP contribution in [0.1, 0.15) is 24.4 Å². The Labute approximate surface area is 81.1 Å². The summed E-state index contributed by atoms with van der Waals surface area (Å²) in [6, 6.07) is 4.52. The molecule has 1 N–H and O–H groups in total. The zero-order valence-electron chi connectivity index (χ0n) is 7.63. The molecule has 3 atom stereocenters. The summed E-state index contributed by atoms with van der Waals surface area (Å²) in [4.78, 5) is 0. The van der Waals surface area contributed by atoms with E-state index >= 15 is 0 Å². The van der Waals surface area contributed by atoms with Crippen LogP contribution in [0.2, 0.25) is 0 Å². The molecular formula is C11H11F2N. The highest BCUT2D eigenvalue weighted by atomic mass is 19.1. The summed E-state index contributed by atoms with van der Waals surface area (Å²) in [6.07, 6.45) is 2.25. The van der Waals surface area contributed by atoms with E-state index in [9.17, 15) is 8.78 Å². The maximum absolute atomic E-state index is 12.9. The molecule has 0 spiro atoms. The molecule has 74 valence electrons. The lowest BCUT2D eigenvalue weighted by molar-refractivity contribution is 0.540. The Kier molecular flexibility index (Phi) is 1.65. The highest BCUT2D eigenvalue weighted by molar-refractivity contribution is 5.24. The largest absolute Gasteiger partial charge is 0.307 e. The van der Waals surface area contributed by atoms with E-state index in [0.717, 1.165) is 24.0 Å². The van der Waals surface area contributed by atoms with Crippen LogP contribution in [0, 0.1) is 17.6 Å². The zero-order valence-corrected chi connectivity index (χ0v) is 7.63. The number of hydrogen-bond donors (Lipinski definition) is 1. The molecule has 14 heavy (non-hydrogen) atoms. The lowest BCUT2D eigenvalue weighted by Gasteiger charge is -2.13. The second-order valence-corrected chi connectivity index (χ2v) is 4.26. The Morgan fingerprint density at radius 2 is 1.79 bits per heavy atom. The van der Waals surface area contributed by atoms with E-state index in [0.29, 0.717) is 6.04 Å². The minimum Gasteiger partial charge on any atom is -0.307 e. The van der Waals surface area contributed by atoms with Crippen LogP contribution in [0.3, 0.4) is 0 Å². The Morgan fingerprint density at radius 3 is 2.36 bits per heavy atom. The van der Waals surface area contributed by atoms with Gasteiger partial charge in [0, 0.05) is 18.2 Å². The van der Waals surface area contributed by atoms with E-state index in [1.165, 1.54) is 18.6 Å². The van der Waals surface area contributed by atoms with Gasteiger partial charge in [-0.3, -0.25) is 0 Å². The highest BCUT2D eigenvalue weighted by Crippen LogP contribution is 2.46. The molecule has 3 rings (SSSR count). The third-order valence-corrected chi connectivity index (χ3v) is 3.16. The second kappa shape index (κ2) is 2.76. The van der Waals surface area contributed by atoms with Crippen LogP contribution in [0.15, 0.2) is 18.2 Å². The highest BCUT2D eigenvalue weighted by Gasteiger charge is 2.45. The molecule has 1 heterocycles. The van der Waals surface area contributed by atoms with Crippen molar-refractivity contribution in [2.45, 2.75) is 24.9 Å². The lowest BCUT2D eigenvalue weighted by atomic mass is 10.0. The maximum Gasteiger partial charge on any atom is 0.126 e. The van der Waals surface area contributed by atoms with E-state index in [1.54, 1.807) is 0 Å². The van der Waals surface area contributed by atoms with Crippen LogP contribution in [-0.2, 0) is 0 Å². The second-order valence-electron chi connectivity index (χ2n) is 4.26. The smallest absolute Gasteiger partial charge is 0.126 e. The van der Waals surface area contributed by atoms with Crippen molar-refractivity contribution >= 4 is 0 Å². The Hall–Kier alpha value is -0.960. The van der Waals surface area contributed by atoms with Crippen LogP contribution in [-0.4, -0.2) is 6.04 Å². The molecule has 0 bridgehead atoms. The fraction of sp³-hybridized carbons (Fsp3) is 0.455. The SMILES string of the molecule is Fc1cc(F)cc([C@@H]2C[C@@H]3C[C@@H]3N2)c1. The third kappa shape index (κ3) is 1.32. The van der Waals surface area contributed by atoms with Gasteiger partial charge in [-0.2, -0.15) is 0 Å². The predicted octanol–water partition coefficient (Wildman–Crippen LogP) is 2.39. The van der Waals surface area contributed by atoms with Crippen LogP contribution in [0.5, 0.6) is 0 Å². The summed E-state index contributed by atoms with van der Waals surface area (Å²) in [5.41, 5.74) is 0.745. The summed E-state index contributed by atoms with van der Waals surface area (Å²) in [5, 5.41) is 3.37. The zero-order chi connectivity index (χ0) is 9.71. The topological polar surface area (TPSA) is 12.0 Å². The quantitative estimate of drug-likeness (QED) is 0.725. The van der Waals surface area contributed by atoms with E-state index < -0.39 is 11.6 Å². The van der Waals surface area contributed by atoms with Crippen molar-refractivity contribution in [2.24, 2.45) is 5.92 Å². The molecule has 1 aliphatic heterocycles. The van der Waals surface area contributed by atoms with Gasteiger partial charge in [0.05, 0.1) is 0 Å². The Morgan fingerprint density at radius 1 is 1.07 bits per heavy atom. The van der Waals surface area contributed by atoms with Crippen molar-refractivity contribution in [3.63, 3.8) is 0 Å². The molecule has 1 saturated heterocycles. The Bertz CT molecular complexity index is 347. The molecule has 1 nitrogen and oxygen atoms in total. The molecule has 0 radical (unpaired) electrons. The van der Waals surface area contributed by atoms with E-state index in [4.69, 9.17) is 0 Å². The number of fused-ring (bicyclic) bond motifs is 1. The van der Waals surface area contributed by atoms with Gasteiger partial charge in [0.15, 0.2) is 0 Å². The fourth-order valence-electron chi connectivity index (χ4n) is 2.35. The molecule has 1 aliphatic carbocycles. The molecule has 1 aromatic rings. The van der Waals surface area contributed by atoms with Crippen LogP contribution in [0.4, 0.5) is 8.78 Å². The first-order chi connectivity index (χ1) is 6.72. The average Bonchev–Trinajstić information content (AvgIpc) is 2.72. The molecule has 1 saturated carbocycles. The first kappa shape index (κ1) is 8.36. The fourth-order valence-corrected chi connectivity index (χ4v) is 2.35. The molecule has 1 aromatic carbocycles. The van der Waals surface area contributed by atoms with Gasteiger partial charge in [0.2, 0.25) is 0 Å². The number of piperidine rings is 1. The summed E-state index contributed by atoms with van der Waals surface area (Å²) < 4.78 is 25.8. The predicted molar refractivity (Wildman–Crippen MR) is 48.7 cm³/mol. The normalized spacial score (nSPS) is 34.3. The first-order valence-electron chi connectivity index (χ1n) is 4.94. The molecule has 2 aliphatic rings. The third-order valence-electron chi connectivity index (χ3n) is 3.16. The van der Waals surface area contributed by atoms with Crippen molar-refractivity contribution in [3.05, 3.63) is 35.4 Å². The van der Waals surface area contributed by atoms with Crippen molar-refractivity contribution in [3.8, 4) is 0 Å². The van der Waals surface area contributed by atoms with Crippen LogP contribution >= 0.6 is 0 Å². The number of rotatable bonds is 1. The molecular weight excluding hydrogens is 184 g/mol.